The molecule has 0 unspecified atom stereocenters. The fraction of sp³-hybridized carbons (Fsp3) is 0.917. The minimum atomic E-state index is -0.850. The third-order valence-corrected chi connectivity index (χ3v) is 5.13. The van der Waals surface area contributed by atoms with E-state index < -0.39 is 9.75 Å². The molecule has 2 rings (SSSR count). The van der Waals surface area contributed by atoms with Crippen molar-refractivity contribution in [2.24, 2.45) is 11.3 Å². The number of nitrogens with one attached hydrogen (secondary N) is 1. The van der Waals surface area contributed by atoms with Gasteiger partial charge in [0.15, 0.2) is 0 Å². The molecule has 2 aliphatic carbocycles. The van der Waals surface area contributed by atoms with Crippen LogP contribution in [0.15, 0.2) is 0 Å². The summed E-state index contributed by atoms with van der Waals surface area (Å²) in [6.07, 6.45) is 5.22. The van der Waals surface area contributed by atoms with Gasteiger partial charge in [-0.1, -0.05) is 19.8 Å². The highest BCUT2D eigenvalue weighted by molar-refractivity contribution is 6.53. The van der Waals surface area contributed by atoms with Gasteiger partial charge in [0.25, 0.3) is 0 Å². The Morgan fingerprint density at radius 2 is 2.00 bits per heavy atom. The molecule has 92 valence electrons. The summed E-state index contributed by atoms with van der Waals surface area (Å²) in [4.78, 5) is 12.0. The minimum absolute atomic E-state index is 0.0246. The molecule has 0 saturated heterocycles. The standard InChI is InChI=1S/C12H19Cl2NO/c1-8-4-3-5-9(6-8)15-10(16)11(2)7-12(11,13)14/h8-9H,3-7H2,1-2H3,(H,15,16)/t8-,9-,11+/m1/s1. The second-order valence-electron chi connectivity index (χ2n) is 5.66. The topological polar surface area (TPSA) is 29.1 Å². The van der Waals surface area contributed by atoms with Crippen molar-refractivity contribution in [3.05, 3.63) is 0 Å². The summed E-state index contributed by atoms with van der Waals surface area (Å²) >= 11 is 12.0. The molecular formula is C12H19Cl2NO. The van der Waals surface area contributed by atoms with Gasteiger partial charge < -0.3 is 5.32 Å². The summed E-state index contributed by atoms with van der Waals surface area (Å²) in [5.41, 5.74) is -0.573. The van der Waals surface area contributed by atoms with Gasteiger partial charge in [-0.05, 0) is 32.1 Å². The van der Waals surface area contributed by atoms with E-state index in [1.807, 2.05) is 6.92 Å². The zero-order chi connectivity index (χ0) is 12.0. The van der Waals surface area contributed by atoms with E-state index in [1.165, 1.54) is 12.8 Å². The van der Waals surface area contributed by atoms with Crippen molar-refractivity contribution < 1.29 is 4.79 Å². The molecular weight excluding hydrogens is 245 g/mol. The van der Waals surface area contributed by atoms with Crippen LogP contribution in [0.25, 0.3) is 0 Å². The van der Waals surface area contributed by atoms with Crippen LogP contribution in [0.4, 0.5) is 0 Å². The SMILES string of the molecule is C[C@@H]1CCC[C@@H](NC(=O)[C@]2(C)CC2(Cl)Cl)C1. The van der Waals surface area contributed by atoms with Crippen LogP contribution in [-0.4, -0.2) is 16.3 Å². The van der Waals surface area contributed by atoms with Crippen LogP contribution < -0.4 is 5.32 Å². The number of rotatable bonds is 2. The van der Waals surface area contributed by atoms with Gasteiger partial charge in [-0.3, -0.25) is 4.79 Å². The van der Waals surface area contributed by atoms with Crippen molar-refractivity contribution in [1.29, 1.82) is 0 Å². The molecule has 1 N–H and O–H groups in total. The normalized spacial score (nSPS) is 41.5. The number of hydrogen-bond donors (Lipinski definition) is 1. The summed E-state index contributed by atoms with van der Waals surface area (Å²) in [6, 6.07) is 0.317. The molecule has 3 atom stereocenters. The second kappa shape index (κ2) is 4.06. The Labute approximate surface area is 107 Å². The lowest BCUT2D eigenvalue weighted by Crippen LogP contribution is -2.42. The summed E-state index contributed by atoms with van der Waals surface area (Å²) in [6.45, 7) is 4.08. The second-order valence-corrected chi connectivity index (χ2v) is 7.14. The Morgan fingerprint density at radius 3 is 2.50 bits per heavy atom. The quantitative estimate of drug-likeness (QED) is 0.762. The van der Waals surface area contributed by atoms with E-state index in [0.717, 1.165) is 12.8 Å². The molecule has 0 aliphatic heterocycles. The van der Waals surface area contributed by atoms with Crippen LogP contribution in [0, 0.1) is 11.3 Å². The van der Waals surface area contributed by atoms with E-state index in [1.54, 1.807) is 0 Å². The molecule has 1 amide bonds. The molecule has 0 spiro atoms. The lowest BCUT2D eigenvalue weighted by molar-refractivity contribution is -0.126. The molecule has 2 fully saturated rings. The van der Waals surface area contributed by atoms with Crippen LogP contribution in [0.5, 0.6) is 0 Å². The van der Waals surface area contributed by atoms with Crippen molar-refractivity contribution >= 4 is 29.1 Å². The first kappa shape index (κ1) is 12.5. The number of halogens is 2. The van der Waals surface area contributed by atoms with Crippen LogP contribution in [0.2, 0.25) is 0 Å². The average Bonchev–Trinajstić information content (AvgIpc) is 2.67. The van der Waals surface area contributed by atoms with E-state index in [2.05, 4.69) is 12.2 Å². The monoisotopic (exact) mass is 263 g/mol. The highest BCUT2D eigenvalue weighted by Gasteiger charge is 2.68. The first-order valence-corrected chi connectivity index (χ1v) is 6.79. The lowest BCUT2D eigenvalue weighted by atomic mass is 9.87. The largest absolute Gasteiger partial charge is 0.353 e. The van der Waals surface area contributed by atoms with Gasteiger partial charge in [-0.25, -0.2) is 0 Å². The molecule has 2 saturated carbocycles. The molecule has 2 aliphatic rings. The minimum Gasteiger partial charge on any atom is -0.353 e. The van der Waals surface area contributed by atoms with E-state index in [-0.39, 0.29) is 5.91 Å². The molecule has 4 heteroatoms. The Kier molecular flexibility index (Phi) is 3.17. The number of carbonyl (C=O) groups excluding carboxylic acids is 1. The predicted octanol–water partition coefficient (Wildman–Crippen LogP) is 3.27. The van der Waals surface area contributed by atoms with Gasteiger partial charge in [-0.2, -0.15) is 0 Å². The van der Waals surface area contributed by atoms with Crippen molar-refractivity contribution in [1.82, 2.24) is 5.32 Å². The average molecular weight is 264 g/mol. The van der Waals surface area contributed by atoms with Crippen molar-refractivity contribution in [3.63, 3.8) is 0 Å². The van der Waals surface area contributed by atoms with Crippen LogP contribution in [0.1, 0.15) is 46.0 Å². The molecule has 0 radical (unpaired) electrons. The lowest BCUT2D eigenvalue weighted by Gasteiger charge is -2.28. The van der Waals surface area contributed by atoms with Crippen molar-refractivity contribution in [2.45, 2.75) is 56.3 Å². The summed E-state index contributed by atoms with van der Waals surface area (Å²) in [5, 5.41) is 3.10. The Balaban J connectivity index is 1.88. The molecule has 0 aromatic carbocycles. The van der Waals surface area contributed by atoms with Crippen molar-refractivity contribution in [3.8, 4) is 0 Å². The van der Waals surface area contributed by atoms with Gasteiger partial charge in [-0.15, -0.1) is 23.2 Å². The molecule has 2 nitrogen and oxygen atoms in total. The maximum absolute atomic E-state index is 12.0. The highest BCUT2D eigenvalue weighted by atomic mass is 35.5. The summed E-state index contributed by atoms with van der Waals surface area (Å²) < 4.78 is -0.850. The first-order valence-electron chi connectivity index (χ1n) is 6.04. The van der Waals surface area contributed by atoms with E-state index in [4.69, 9.17) is 23.2 Å². The van der Waals surface area contributed by atoms with Crippen molar-refractivity contribution in [2.75, 3.05) is 0 Å². The Bertz CT molecular complexity index is 305. The van der Waals surface area contributed by atoms with Crippen LogP contribution in [0.3, 0.4) is 0 Å². The number of amides is 1. The maximum Gasteiger partial charge on any atom is 0.229 e. The maximum atomic E-state index is 12.0. The number of carbonyl (C=O) groups is 1. The van der Waals surface area contributed by atoms with E-state index in [0.29, 0.717) is 18.4 Å². The zero-order valence-electron chi connectivity index (χ0n) is 9.85. The van der Waals surface area contributed by atoms with Gasteiger partial charge in [0.1, 0.15) is 4.33 Å². The summed E-state index contributed by atoms with van der Waals surface area (Å²) in [5.74, 6) is 0.736. The number of alkyl halides is 2. The smallest absolute Gasteiger partial charge is 0.229 e. The van der Waals surface area contributed by atoms with Crippen LogP contribution >= 0.6 is 23.2 Å². The zero-order valence-corrected chi connectivity index (χ0v) is 11.4. The first-order chi connectivity index (χ1) is 7.35. The molecule has 0 heterocycles. The van der Waals surface area contributed by atoms with E-state index >= 15 is 0 Å². The van der Waals surface area contributed by atoms with Gasteiger partial charge in [0, 0.05) is 6.04 Å². The number of hydrogen-bond acceptors (Lipinski definition) is 1. The fourth-order valence-corrected chi connectivity index (χ4v) is 3.26. The molecule has 0 aromatic heterocycles. The fourth-order valence-electron chi connectivity index (χ4n) is 2.56. The molecule has 0 aromatic rings. The van der Waals surface area contributed by atoms with Gasteiger partial charge in [0.2, 0.25) is 5.91 Å². The molecule has 16 heavy (non-hydrogen) atoms. The Hall–Kier alpha value is 0.0500. The predicted molar refractivity (Wildman–Crippen MR) is 66.7 cm³/mol. The highest BCUT2D eigenvalue weighted by Crippen LogP contribution is 2.63. The molecule has 0 bridgehead atoms. The van der Waals surface area contributed by atoms with E-state index in [9.17, 15) is 4.79 Å². The van der Waals surface area contributed by atoms with Gasteiger partial charge in [0.05, 0.1) is 5.41 Å². The van der Waals surface area contributed by atoms with Gasteiger partial charge >= 0.3 is 0 Å². The van der Waals surface area contributed by atoms with Crippen LogP contribution in [-0.2, 0) is 4.79 Å². The third kappa shape index (κ3) is 2.19. The Morgan fingerprint density at radius 1 is 1.38 bits per heavy atom. The third-order valence-electron chi connectivity index (χ3n) is 4.03. The summed E-state index contributed by atoms with van der Waals surface area (Å²) in [7, 11) is 0.